The average molecular weight is 370 g/mol. The molecule has 0 atom stereocenters. The Morgan fingerprint density at radius 3 is 2.76 bits per heavy atom. The van der Waals surface area contributed by atoms with Gasteiger partial charge in [-0.05, 0) is 52.3 Å². The van der Waals surface area contributed by atoms with E-state index in [0.29, 0.717) is 26.4 Å². The standard InChI is InChI=1S/C14H7BrClFN2O2/c15-10-5-7(1-4-12(10)17)13-18-14(21-19-13)9-6-8(20)2-3-11(9)16/h1-6,20H. The summed E-state index contributed by atoms with van der Waals surface area (Å²) < 4.78 is 18.7. The van der Waals surface area contributed by atoms with Crippen LogP contribution in [0.3, 0.4) is 0 Å². The maximum absolute atomic E-state index is 13.2. The molecular formula is C14H7BrClFN2O2. The summed E-state index contributed by atoms with van der Waals surface area (Å²) in [6.07, 6.45) is 0. The minimum absolute atomic E-state index is 0.0404. The molecule has 7 heteroatoms. The summed E-state index contributed by atoms with van der Waals surface area (Å²) >= 11 is 9.14. The van der Waals surface area contributed by atoms with Gasteiger partial charge in [-0.25, -0.2) is 4.39 Å². The van der Waals surface area contributed by atoms with Gasteiger partial charge in [0.25, 0.3) is 5.89 Å². The van der Waals surface area contributed by atoms with Crippen LogP contribution >= 0.6 is 27.5 Å². The third-order valence-electron chi connectivity index (χ3n) is 2.78. The van der Waals surface area contributed by atoms with Crippen LogP contribution in [-0.2, 0) is 0 Å². The molecule has 0 spiro atoms. The van der Waals surface area contributed by atoms with E-state index in [1.165, 1.54) is 24.3 Å². The van der Waals surface area contributed by atoms with Gasteiger partial charge >= 0.3 is 0 Å². The van der Waals surface area contributed by atoms with Gasteiger partial charge in [0.15, 0.2) is 0 Å². The van der Waals surface area contributed by atoms with Gasteiger partial charge < -0.3 is 9.63 Å². The lowest BCUT2D eigenvalue weighted by Gasteiger charge is -1.99. The molecular weight excluding hydrogens is 363 g/mol. The highest BCUT2D eigenvalue weighted by Crippen LogP contribution is 2.31. The molecule has 0 unspecified atom stereocenters. The third-order valence-corrected chi connectivity index (χ3v) is 3.72. The van der Waals surface area contributed by atoms with Crippen LogP contribution in [0.2, 0.25) is 5.02 Å². The van der Waals surface area contributed by atoms with Gasteiger partial charge in [-0.2, -0.15) is 4.98 Å². The van der Waals surface area contributed by atoms with Crippen LogP contribution in [0.25, 0.3) is 22.8 Å². The smallest absolute Gasteiger partial charge is 0.259 e. The zero-order valence-electron chi connectivity index (χ0n) is 10.3. The van der Waals surface area contributed by atoms with Crippen molar-refractivity contribution >= 4 is 27.5 Å². The Kier molecular flexibility index (Phi) is 3.65. The second-order valence-electron chi connectivity index (χ2n) is 4.22. The average Bonchev–Trinajstić information content (AvgIpc) is 2.94. The number of phenolic OH excluding ortho intramolecular Hbond substituents is 1. The fourth-order valence-corrected chi connectivity index (χ4v) is 2.34. The van der Waals surface area contributed by atoms with Crippen LogP contribution in [0.5, 0.6) is 5.75 Å². The highest BCUT2D eigenvalue weighted by atomic mass is 79.9. The second kappa shape index (κ2) is 5.46. The summed E-state index contributed by atoms with van der Waals surface area (Å²) in [7, 11) is 0. The van der Waals surface area contributed by atoms with Gasteiger partial charge in [0.05, 0.1) is 15.1 Å². The Hall–Kier alpha value is -1.92. The summed E-state index contributed by atoms with van der Waals surface area (Å²) in [5.74, 6) is 0.133. The van der Waals surface area contributed by atoms with Gasteiger partial charge in [0.1, 0.15) is 11.6 Å². The van der Waals surface area contributed by atoms with Crippen molar-refractivity contribution in [2.45, 2.75) is 0 Å². The second-order valence-corrected chi connectivity index (χ2v) is 5.48. The van der Waals surface area contributed by atoms with E-state index in [2.05, 4.69) is 26.1 Å². The van der Waals surface area contributed by atoms with E-state index in [4.69, 9.17) is 16.1 Å². The molecule has 0 radical (unpaired) electrons. The molecule has 1 N–H and O–H groups in total. The number of hydrogen-bond acceptors (Lipinski definition) is 4. The molecule has 0 aliphatic rings. The van der Waals surface area contributed by atoms with Crippen molar-refractivity contribution in [1.29, 1.82) is 0 Å². The normalized spacial score (nSPS) is 10.8. The maximum atomic E-state index is 13.2. The first kappa shape index (κ1) is 14.0. The number of nitrogens with zero attached hydrogens (tertiary/aromatic N) is 2. The minimum atomic E-state index is -0.376. The maximum Gasteiger partial charge on any atom is 0.259 e. The Bertz CT molecular complexity index is 822. The molecule has 21 heavy (non-hydrogen) atoms. The van der Waals surface area contributed by atoms with Gasteiger partial charge in [0.2, 0.25) is 5.82 Å². The predicted octanol–water partition coefficient (Wildman–Crippen LogP) is 4.66. The fourth-order valence-electron chi connectivity index (χ4n) is 1.76. The number of aromatic hydroxyl groups is 1. The molecule has 3 aromatic rings. The van der Waals surface area contributed by atoms with E-state index in [1.807, 2.05) is 0 Å². The number of rotatable bonds is 2. The molecule has 0 fully saturated rings. The van der Waals surface area contributed by atoms with E-state index < -0.39 is 0 Å². The molecule has 106 valence electrons. The number of aromatic nitrogens is 2. The van der Waals surface area contributed by atoms with E-state index >= 15 is 0 Å². The first-order valence-corrected chi connectivity index (χ1v) is 7.00. The van der Waals surface area contributed by atoms with Crippen LogP contribution < -0.4 is 0 Å². The molecule has 3 rings (SSSR count). The van der Waals surface area contributed by atoms with Crippen LogP contribution in [0, 0.1) is 5.82 Å². The van der Waals surface area contributed by atoms with Crippen molar-refractivity contribution in [1.82, 2.24) is 10.1 Å². The Morgan fingerprint density at radius 2 is 2.00 bits per heavy atom. The lowest BCUT2D eigenvalue weighted by atomic mass is 10.2. The SMILES string of the molecule is Oc1ccc(Cl)c(-c2nc(-c3ccc(F)c(Br)c3)no2)c1. The Labute approximate surface area is 132 Å². The predicted molar refractivity (Wildman–Crippen MR) is 79.5 cm³/mol. The zero-order chi connectivity index (χ0) is 15.0. The molecule has 0 aliphatic heterocycles. The number of halogens is 3. The van der Waals surface area contributed by atoms with Crippen LogP contribution in [0.4, 0.5) is 4.39 Å². The van der Waals surface area contributed by atoms with E-state index in [9.17, 15) is 9.50 Å². The first-order chi connectivity index (χ1) is 10.0. The van der Waals surface area contributed by atoms with Crippen LogP contribution in [0.15, 0.2) is 45.4 Å². The number of phenols is 1. The first-order valence-electron chi connectivity index (χ1n) is 5.82. The van der Waals surface area contributed by atoms with Crippen molar-refractivity contribution in [2.24, 2.45) is 0 Å². The molecule has 0 saturated carbocycles. The summed E-state index contributed by atoms with van der Waals surface area (Å²) in [6, 6.07) is 8.81. The van der Waals surface area contributed by atoms with Crippen LogP contribution in [-0.4, -0.2) is 15.2 Å². The molecule has 0 amide bonds. The molecule has 0 saturated heterocycles. The monoisotopic (exact) mass is 368 g/mol. The highest BCUT2D eigenvalue weighted by molar-refractivity contribution is 9.10. The Morgan fingerprint density at radius 1 is 1.19 bits per heavy atom. The van der Waals surface area contributed by atoms with Gasteiger partial charge in [0, 0.05) is 5.56 Å². The molecule has 1 heterocycles. The van der Waals surface area contributed by atoms with Gasteiger partial charge in [-0.15, -0.1) is 0 Å². The molecule has 0 bridgehead atoms. The van der Waals surface area contributed by atoms with Gasteiger partial charge in [-0.1, -0.05) is 16.8 Å². The third kappa shape index (κ3) is 2.77. The summed E-state index contributed by atoms with van der Waals surface area (Å²) in [6.45, 7) is 0. The number of benzene rings is 2. The van der Waals surface area contributed by atoms with E-state index in [0.717, 1.165) is 0 Å². The fraction of sp³-hybridized carbons (Fsp3) is 0. The quantitative estimate of drug-likeness (QED) is 0.713. The molecule has 0 aliphatic carbocycles. The van der Waals surface area contributed by atoms with Crippen molar-refractivity contribution in [2.75, 3.05) is 0 Å². The molecule has 2 aromatic carbocycles. The van der Waals surface area contributed by atoms with Crippen molar-refractivity contribution in [3.63, 3.8) is 0 Å². The lowest BCUT2D eigenvalue weighted by molar-refractivity contribution is 0.431. The highest BCUT2D eigenvalue weighted by Gasteiger charge is 2.15. The van der Waals surface area contributed by atoms with Crippen molar-refractivity contribution in [3.8, 4) is 28.6 Å². The van der Waals surface area contributed by atoms with Crippen molar-refractivity contribution in [3.05, 3.63) is 51.7 Å². The zero-order valence-corrected chi connectivity index (χ0v) is 12.7. The lowest BCUT2D eigenvalue weighted by Crippen LogP contribution is -1.84. The minimum Gasteiger partial charge on any atom is -0.508 e. The Balaban J connectivity index is 2.03. The summed E-state index contributed by atoms with van der Waals surface area (Å²) in [5.41, 5.74) is 1.02. The van der Waals surface area contributed by atoms with Crippen LogP contribution in [0.1, 0.15) is 0 Å². The van der Waals surface area contributed by atoms with Gasteiger partial charge in [-0.3, -0.25) is 0 Å². The largest absolute Gasteiger partial charge is 0.508 e. The summed E-state index contributed by atoms with van der Waals surface area (Å²) in [5, 5.41) is 13.7. The number of hydrogen-bond donors (Lipinski definition) is 1. The van der Waals surface area contributed by atoms with E-state index in [-0.39, 0.29) is 17.5 Å². The molecule has 1 aromatic heterocycles. The summed E-state index contributed by atoms with van der Waals surface area (Å²) in [4.78, 5) is 4.21. The van der Waals surface area contributed by atoms with E-state index in [1.54, 1.807) is 12.1 Å². The van der Waals surface area contributed by atoms with Crippen molar-refractivity contribution < 1.29 is 14.0 Å². The molecule has 4 nitrogen and oxygen atoms in total. The topological polar surface area (TPSA) is 59.2 Å².